The second kappa shape index (κ2) is 5.55. The van der Waals surface area contributed by atoms with Gasteiger partial charge < -0.3 is 16.0 Å². The molecule has 102 valence electrons. The number of aryl methyl sites for hydroxylation is 1. The zero-order valence-electron chi connectivity index (χ0n) is 11.0. The monoisotopic (exact) mass is 262 g/mol. The number of amides is 1. The summed E-state index contributed by atoms with van der Waals surface area (Å²) in [6, 6.07) is -0.177. The van der Waals surface area contributed by atoms with Gasteiger partial charge in [0.1, 0.15) is 5.82 Å². The van der Waals surface area contributed by atoms with Crippen LogP contribution in [0.1, 0.15) is 48.3 Å². The number of nitrogens with two attached hydrogens (primary N) is 1. The Bertz CT molecular complexity index is 545. The van der Waals surface area contributed by atoms with E-state index in [9.17, 15) is 4.79 Å². The third-order valence-corrected chi connectivity index (χ3v) is 3.01. The summed E-state index contributed by atoms with van der Waals surface area (Å²) >= 11 is 0. The van der Waals surface area contributed by atoms with Gasteiger partial charge in [-0.05, 0) is 12.8 Å². The van der Waals surface area contributed by atoms with Crippen molar-refractivity contribution in [1.82, 2.24) is 25.5 Å². The Morgan fingerprint density at radius 3 is 2.84 bits per heavy atom. The van der Waals surface area contributed by atoms with Crippen molar-refractivity contribution in [1.29, 1.82) is 0 Å². The maximum Gasteiger partial charge on any atom is 0.274 e. The second-order valence-corrected chi connectivity index (χ2v) is 4.23. The van der Waals surface area contributed by atoms with Crippen LogP contribution in [0, 0.1) is 0 Å². The summed E-state index contributed by atoms with van der Waals surface area (Å²) < 4.78 is 0. The fraction of sp³-hybridized carbons (Fsp3) is 0.417. The topological polar surface area (TPSA) is 112 Å². The summed E-state index contributed by atoms with van der Waals surface area (Å²) in [5, 5.41) is 9.60. The number of carbonyl (C=O) groups excluding carboxylic acids is 1. The first kappa shape index (κ1) is 13.1. The summed E-state index contributed by atoms with van der Waals surface area (Å²) in [4.78, 5) is 19.3. The normalized spacial score (nSPS) is 12.3. The van der Waals surface area contributed by atoms with E-state index in [1.54, 1.807) is 12.4 Å². The van der Waals surface area contributed by atoms with E-state index in [-0.39, 0.29) is 17.6 Å². The van der Waals surface area contributed by atoms with E-state index in [0.29, 0.717) is 12.1 Å². The molecule has 0 spiro atoms. The molecule has 1 unspecified atom stereocenters. The van der Waals surface area contributed by atoms with Gasteiger partial charge in [-0.3, -0.25) is 9.89 Å². The van der Waals surface area contributed by atoms with Crippen molar-refractivity contribution in [3.8, 4) is 0 Å². The summed E-state index contributed by atoms with van der Waals surface area (Å²) in [7, 11) is 0. The van der Waals surface area contributed by atoms with Gasteiger partial charge in [-0.15, -0.1) is 0 Å². The summed E-state index contributed by atoms with van der Waals surface area (Å²) in [5.74, 6) is 0.428. The molecule has 0 aliphatic heterocycles. The lowest BCUT2D eigenvalue weighted by Gasteiger charge is -2.13. The number of aromatic nitrogens is 4. The standard InChI is InChI=1S/C12H18N6O/c1-3-7-9(13)10(18-17-7)12(19)16-8(4-2)11-14-5-6-15-11/h5-6,8H,3-4,13H2,1-2H3,(H,14,15)(H,16,19)(H,17,18). The van der Waals surface area contributed by atoms with Gasteiger partial charge >= 0.3 is 0 Å². The van der Waals surface area contributed by atoms with Crippen LogP contribution in [0.5, 0.6) is 0 Å². The maximum absolute atomic E-state index is 12.1. The average Bonchev–Trinajstić information content (AvgIpc) is 3.04. The highest BCUT2D eigenvalue weighted by molar-refractivity contribution is 5.97. The van der Waals surface area contributed by atoms with Crippen LogP contribution in [0.4, 0.5) is 5.69 Å². The maximum atomic E-state index is 12.1. The molecule has 0 radical (unpaired) electrons. The molecule has 2 rings (SSSR count). The molecule has 7 nitrogen and oxygen atoms in total. The first-order valence-corrected chi connectivity index (χ1v) is 6.30. The van der Waals surface area contributed by atoms with E-state index in [0.717, 1.165) is 17.9 Å². The average molecular weight is 262 g/mol. The molecule has 2 aromatic rings. The number of nitrogens with zero attached hydrogens (tertiary/aromatic N) is 2. The Morgan fingerprint density at radius 1 is 1.53 bits per heavy atom. The smallest absolute Gasteiger partial charge is 0.274 e. The van der Waals surface area contributed by atoms with Crippen LogP contribution in [0.15, 0.2) is 12.4 Å². The first-order valence-electron chi connectivity index (χ1n) is 6.30. The van der Waals surface area contributed by atoms with Gasteiger partial charge in [0.15, 0.2) is 5.69 Å². The van der Waals surface area contributed by atoms with Crippen LogP contribution in [0.2, 0.25) is 0 Å². The largest absolute Gasteiger partial charge is 0.395 e. The van der Waals surface area contributed by atoms with E-state index < -0.39 is 0 Å². The fourth-order valence-corrected chi connectivity index (χ4v) is 1.89. The van der Waals surface area contributed by atoms with Crippen LogP contribution in [-0.2, 0) is 6.42 Å². The second-order valence-electron chi connectivity index (χ2n) is 4.23. The predicted octanol–water partition coefficient (Wildman–Crippen LogP) is 1.16. The van der Waals surface area contributed by atoms with Crippen molar-refractivity contribution in [2.75, 3.05) is 5.73 Å². The first-order chi connectivity index (χ1) is 9.17. The number of aromatic amines is 2. The summed E-state index contributed by atoms with van der Waals surface area (Å²) in [6.07, 6.45) is 4.82. The number of rotatable bonds is 5. The van der Waals surface area contributed by atoms with Crippen LogP contribution >= 0.6 is 0 Å². The fourth-order valence-electron chi connectivity index (χ4n) is 1.89. The van der Waals surface area contributed by atoms with Crippen molar-refractivity contribution in [3.63, 3.8) is 0 Å². The number of nitrogen functional groups attached to an aromatic ring is 1. The van der Waals surface area contributed by atoms with Crippen LogP contribution in [0.25, 0.3) is 0 Å². The quantitative estimate of drug-likeness (QED) is 0.647. The molecule has 7 heteroatoms. The van der Waals surface area contributed by atoms with Gasteiger partial charge in [0, 0.05) is 12.4 Å². The molecule has 2 heterocycles. The molecule has 19 heavy (non-hydrogen) atoms. The van der Waals surface area contributed by atoms with Gasteiger partial charge in [-0.25, -0.2) is 4.98 Å². The van der Waals surface area contributed by atoms with E-state index in [4.69, 9.17) is 5.73 Å². The minimum Gasteiger partial charge on any atom is -0.395 e. The third-order valence-electron chi connectivity index (χ3n) is 3.01. The molecular weight excluding hydrogens is 244 g/mol. The van der Waals surface area contributed by atoms with Crippen molar-refractivity contribution >= 4 is 11.6 Å². The number of carbonyl (C=O) groups is 1. The Kier molecular flexibility index (Phi) is 3.84. The lowest BCUT2D eigenvalue weighted by atomic mass is 10.2. The molecular formula is C12H18N6O. The molecule has 0 saturated heterocycles. The minimum atomic E-state index is -0.295. The van der Waals surface area contributed by atoms with Crippen molar-refractivity contribution in [2.24, 2.45) is 0 Å². The molecule has 5 N–H and O–H groups in total. The van der Waals surface area contributed by atoms with Crippen LogP contribution in [0.3, 0.4) is 0 Å². The number of nitrogens with one attached hydrogen (secondary N) is 3. The summed E-state index contributed by atoms with van der Waals surface area (Å²) in [5.41, 5.74) is 7.30. The van der Waals surface area contributed by atoms with Crippen molar-refractivity contribution in [2.45, 2.75) is 32.7 Å². The van der Waals surface area contributed by atoms with Gasteiger partial charge in [0.25, 0.3) is 5.91 Å². The lowest BCUT2D eigenvalue weighted by molar-refractivity contribution is 0.0929. The summed E-state index contributed by atoms with van der Waals surface area (Å²) in [6.45, 7) is 3.92. The van der Waals surface area contributed by atoms with Gasteiger partial charge in [0.05, 0.1) is 17.4 Å². The zero-order valence-corrected chi connectivity index (χ0v) is 11.0. The van der Waals surface area contributed by atoms with E-state index in [1.807, 2.05) is 13.8 Å². The molecule has 1 atom stereocenters. The van der Waals surface area contributed by atoms with E-state index in [2.05, 4.69) is 25.5 Å². The SMILES string of the molecule is CCc1[nH]nc(C(=O)NC(CC)c2ncc[nH]2)c1N. The third kappa shape index (κ3) is 2.59. The predicted molar refractivity (Wildman–Crippen MR) is 71.5 cm³/mol. The van der Waals surface area contributed by atoms with Crippen LogP contribution < -0.4 is 11.1 Å². The molecule has 0 aromatic carbocycles. The number of anilines is 1. The Balaban J connectivity index is 2.13. The number of imidazole rings is 1. The number of hydrogen-bond acceptors (Lipinski definition) is 4. The van der Waals surface area contributed by atoms with E-state index in [1.165, 1.54) is 0 Å². The highest BCUT2D eigenvalue weighted by Crippen LogP contribution is 2.17. The lowest BCUT2D eigenvalue weighted by Crippen LogP contribution is -2.29. The highest BCUT2D eigenvalue weighted by atomic mass is 16.2. The Morgan fingerprint density at radius 2 is 2.32 bits per heavy atom. The molecule has 0 aliphatic rings. The zero-order chi connectivity index (χ0) is 13.8. The molecule has 0 fully saturated rings. The Hall–Kier alpha value is -2.31. The van der Waals surface area contributed by atoms with Crippen molar-refractivity contribution in [3.05, 3.63) is 29.6 Å². The minimum absolute atomic E-state index is 0.177. The van der Waals surface area contributed by atoms with Gasteiger partial charge in [-0.1, -0.05) is 13.8 Å². The van der Waals surface area contributed by atoms with Gasteiger partial charge in [-0.2, -0.15) is 5.10 Å². The molecule has 0 bridgehead atoms. The van der Waals surface area contributed by atoms with E-state index >= 15 is 0 Å². The molecule has 0 saturated carbocycles. The van der Waals surface area contributed by atoms with Gasteiger partial charge in [0.2, 0.25) is 0 Å². The molecule has 0 aliphatic carbocycles. The number of H-pyrrole nitrogens is 2. The molecule has 1 amide bonds. The van der Waals surface area contributed by atoms with Crippen LogP contribution in [-0.4, -0.2) is 26.1 Å². The van der Waals surface area contributed by atoms with Crippen molar-refractivity contribution < 1.29 is 4.79 Å². The Labute approximate surface area is 111 Å². The molecule has 2 aromatic heterocycles. The number of hydrogen-bond donors (Lipinski definition) is 4. The highest BCUT2D eigenvalue weighted by Gasteiger charge is 2.20.